The molecule has 0 radical (unpaired) electrons. The van der Waals surface area contributed by atoms with Crippen LogP contribution in [0.2, 0.25) is 0 Å². The summed E-state index contributed by atoms with van der Waals surface area (Å²) in [5.74, 6) is 0. The predicted octanol–water partition coefficient (Wildman–Crippen LogP) is 2.09. The molecule has 2 aromatic heterocycles. The Kier molecular flexibility index (Phi) is 3.08. The van der Waals surface area contributed by atoms with E-state index >= 15 is 0 Å². The third-order valence-electron chi connectivity index (χ3n) is 1.79. The summed E-state index contributed by atoms with van der Waals surface area (Å²) in [5.41, 5.74) is 0.570. The third kappa shape index (κ3) is 2.39. The van der Waals surface area contributed by atoms with Gasteiger partial charge >= 0.3 is 0 Å². The molecule has 0 amide bonds. The van der Waals surface area contributed by atoms with Gasteiger partial charge in [0.05, 0.1) is 5.69 Å². The van der Waals surface area contributed by atoms with E-state index in [2.05, 4.69) is 31.1 Å². The number of aliphatic hydroxyl groups excluding tert-OH is 1. The lowest BCUT2D eigenvalue weighted by molar-refractivity contribution is 0.213. The van der Waals surface area contributed by atoms with Gasteiger partial charge in [-0.2, -0.15) is 0 Å². The molecule has 1 unspecified atom stereocenters. The Labute approximate surface area is 99.1 Å². The second-order valence-electron chi connectivity index (χ2n) is 2.95. The van der Waals surface area contributed by atoms with Gasteiger partial charge in [-0.05, 0) is 35.0 Å². The van der Waals surface area contributed by atoms with Crippen molar-refractivity contribution >= 4 is 27.3 Å². The zero-order valence-corrected chi connectivity index (χ0v) is 10.3. The summed E-state index contributed by atoms with van der Waals surface area (Å²) in [7, 11) is 0. The first kappa shape index (κ1) is 10.7. The zero-order valence-electron chi connectivity index (χ0n) is 7.88. The zero-order chi connectivity index (χ0) is 10.8. The first-order valence-corrected chi connectivity index (χ1v) is 5.88. The van der Waals surface area contributed by atoms with Crippen molar-refractivity contribution < 1.29 is 5.11 Å². The van der Waals surface area contributed by atoms with Crippen LogP contribution in [0.15, 0.2) is 22.8 Å². The lowest BCUT2D eigenvalue weighted by Crippen LogP contribution is -2.01. The van der Waals surface area contributed by atoms with Crippen molar-refractivity contribution in [1.29, 1.82) is 0 Å². The van der Waals surface area contributed by atoms with E-state index in [1.807, 2.05) is 19.1 Å². The Bertz CT molecular complexity index is 474. The van der Waals surface area contributed by atoms with E-state index < -0.39 is 6.10 Å². The van der Waals surface area contributed by atoms with E-state index in [4.69, 9.17) is 0 Å². The molecule has 2 heterocycles. The maximum absolute atomic E-state index is 9.95. The van der Waals surface area contributed by atoms with E-state index in [9.17, 15) is 5.11 Å². The summed E-state index contributed by atoms with van der Waals surface area (Å²) < 4.78 is 0.695. The van der Waals surface area contributed by atoms with Crippen molar-refractivity contribution in [3.63, 3.8) is 0 Å². The third-order valence-corrected chi connectivity index (χ3v) is 3.13. The van der Waals surface area contributed by atoms with Crippen LogP contribution >= 0.6 is 27.3 Å². The Hall–Kier alpha value is -0.850. The average Bonchev–Trinajstić information content (AvgIpc) is 2.64. The highest BCUT2D eigenvalue weighted by Gasteiger charge is 2.16. The van der Waals surface area contributed by atoms with Crippen LogP contribution in [0.25, 0.3) is 0 Å². The van der Waals surface area contributed by atoms with Crippen molar-refractivity contribution in [2.75, 3.05) is 0 Å². The standard InChI is InChI=1S/C9H8BrN3OS/c1-5-12-13-9(15-5)8(14)6-3-2-4-7(10)11-6/h2-4,8,14H,1H3. The smallest absolute Gasteiger partial charge is 0.152 e. The number of aromatic nitrogens is 3. The molecule has 0 spiro atoms. The molecule has 1 N–H and O–H groups in total. The Morgan fingerprint density at radius 1 is 1.40 bits per heavy atom. The quantitative estimate of drug-likeness (QED) is 0.859. The minimum absolute atomic E-state index is 0.568. The van der Waals surface area contributed by atoms with Gasteiger partial charge < -0.3 is 5.11 Å². The Morgan fingerprint density at radius 3 is 2.80 bits per heavy atom. The SMILES string of the molecule is Cc1nnc(C(O)c2cccc(Br)n2)s1. The molecule has 6 heteroatoms. The fourth-order valence-corrected chi connectivity index (χ4v) is 2.18. The van der Waals surface area contributed by atoms with Gasteiger partial charge in [0.15, 0.2) is 5.01 Å². The highest BCUT2D eigenvalue weighted by Crippen LogP contribution is 2.23. The molecule has 1 atom stereocenters. The van der Waals surface area contributed by atoms with Crippen LogP contribution in [0.1, 0.15) is 21.8 Å². The molecule has 0 saturated heterocycles. The van der Waals surface area contributed by atoms with Gasteiger partial charge in [-0.15, -0.1) is 10.2 Å². The summed E-state index contributed by atoms with van der Waals surface area (Å²) in [6.07, 6.45) is -0.798. The molecule has 0 aliphatic rings. The molecule has 0 saturated carbocycles. The van der Waals surface area contributed by atoms with Crippen LogP contribution in [0.3, 0.4) is 0 Å². The lowest BCUT2D eigenvalue weighted by atomic mass is 10.2. The summed E-state index contributed by atoms with van der Waals surface area (Å²) in [6.45, 7) is 1.85. The fraction of sp³-hybridized carbons (Fsp3) is 0.222. The number of pyridine rings is 1. The monoisotopic (exact) mass is 285 g/mol. The van der Waals surface area contributed by atoms with E-state index in [1.54, 1.807) is 6.07 Å². The van der Waals surface area contributed by atoms with Crippen molar-refractivity contribution in [3.05, 3.63) is 38.5 Å². The van der Waals surface area contributed by atoms with Gasteiger partial charge in [-0.1, -0.05) is 17.4 Å². The highest BCUT2D eigenvalue weighted by atomic mass is 79.9. The second kappa shape index (κ2) is 4.34. The average molecular weight is 286 g/mol. The number of nitrogens with zero attached hydrogens (tertiary/aromatic N) is 3. The van der Waals surface area contributed by atoms with Gasteiger partial charge in [-0.3, -0.25) is 0 Å². The van der Waals surface area contributed by atoms with Gasteiger partial charge in [0.1, 0.15) is 15.7 Å². The molecule has 4 nitrogen and oxygen atoms in total. The van der Waals surface area contributed by atoms with Crippen LogP contribution in [-0.4, -0.2) is 20.3 Å². The minimum Gasteiger partial charge on any atom is -0.379 e. The maximum Gasteiger partial charge on any atom is 0.152 e. The van der Waals surface area contributed by atoms with Gasteiger partial charge in [0.25, 0.3) is 0 Å². The maximum atomic E-state index is 9.95. The number of hydrogen-bond donors (Lipinski definition) is 1. The van der Waals surface area contributed by atoms with Crippen LogP contribution < -0.4 is 0 Å². The van der Waals surface area contributed by atoms with Crippen molar-refractivity contribution in [2.45, 2.75) is 13.0 Å². The molecule has 0 fully saturated rings. The molecule has 78 valence electrons. The molecule has 0 bridgehead atoms. The first-order valence-electron chi connectivity index (χ1n) is 4.27. The van der Waals surface area contributed by atoms with Crippen LogP contribution in [0.4, 0.5) is 0 Å². The van der Waals surface area contributed by atoms with Crippen molar-refractivity contribution in [1.82, 2.24) is 15.2 Å². The summed E-state index contributed by atoms with van der Waals surface area (Å²) in [6, 6.07) is 5.39. The summed E-state index contributed by atoms with van der Waals surface area (Å²) in [4.78, 5) is 4.16. The normalized spacial score (nSPS) is 12.7. The van der Waals surface area contributed by atoms with E-state index in [0.717, 1.165) is 5.01 Å². The second-order valence-corrected chi connectivity index (χ2v) is 4.97. The minimum atomic E-state index is -0.798. The predicted molar refractivity (Wildman–Crippen MR) is 60.6 cm³/mol. The first-order chi connectivity index (χ1) is 7.16. The largest absolute Gasteiger partial charge is 0.379 e. The molecule has 0 aliphatic heterocycles. The van der Waals surface area contributed by atoms with E-state index in [1.165, 1.54) is 11.3 Å². The van der Waals surface area contributed by atoms with E-state index in [0.29, 0.717) is 15.3 Å². The summed E-state index contributed by atoms with van der Waals surface area (Å²) >= 11 is 4.62. The van der Waals surface area contributed by atoms with Crippen molar-refractivity contribution in [3.8, 4) is 0 Å². The van der Waals surface area contributed by atoms with Crippen LogP contribution in [0, 0.1) is 6.92 Å². The molecular formula is C9H8BrN3OS. The number of halogens is 1. The highest BCUT2D eigenvalue weighted by molar-refractivity contribution is 9.10. The number of hydrogen-bond acceptors (Lipinski definition) is 5. The van der Waals surface area contributed by atoms with Crippen LogP contribution in [0.5, 0.6) is 0 Å². The number of aliphatic hydroxyl groups is 1. The van der Waals surface area contributed by atoms with E-state index in [-0.39, 0.29) is 0 Å². The molecule has 2 aromatic rings. The molecule has 15 heavy (non-hydrogen) atoms. The van der Waals surface area contributed by atoms with Crippen LogP contribution in [-0.2, 0) is 0 Å². The van der Waals surface area contributed by atoms with Gasteiger partial charge in [0.2, 0.25) is 0 Å². The fourth-order valence-electron chi connectivity index (χ4n) is 1.13. The van der Waals surface area contributed by atoms with Crippen molar-refractivity contribution in [2.24, 2.45) is 0 Å². The molecule has 0 aromatic carbocycles. The summed E-state index contributed by atoms with van der Waals surface area (Å²) in [5, 5.41) is 19.1. The van der Waals surface area contributed by atoms with Gasteiger partial charge in [-0.25, -0.2) is 4.98 Å². The lowest BCUT2D eigenvalue weighted by Gasteiger charge is -2.05. The Morgan fingerprint density at radius 2 is 2.20 bits per heavy atom. The van der Waals surface area contributed by atoms with Gasteiger partial charge in [0, 0.05) is 0 Å². The number of aryl methyl sites for hydroxylation is 1. The Balaban J connectivity index is 2.32. The molecule has 2 rings (SSSR count). The number of rotatable bonds is 2. The molecular weight excluding hydrogens is 278 g/mol. The topological polar surface area (TPSA) is 58.9 Å². The molecule has 0 aliphatic carbocycles.